The van der Waals surface area contributed by atoms with Gasteiger partial charge in [-0.3, -0.25) is 15.1 Å². The third-order valence-electron chi connectivity index (χ3n) is 3.81. The zero-order valence-electron chi connectivity index (χ0n) is 14.1. The highest BCUT2D eigenvalue weighted by Crippen LogP contribution is 2.16. The predicted molar refractivity (Wildman–Crippen MR) is 96.0 cm³/mol. The zero-order chi connectivity index (χ0) is 17.5. The molecular weight excluding hydrogens is 304 g/mol. The van der Waals surface area contributed by atoms with Crippen LogP contribution in [0.1, 0.15) is 29.7 Å². The number of nitro benzene ring substituents is 1. The van der Waals surface area contributed by atoms with E-state index in [1.165, 1.54) is 17.2 Å². The quantitative estimate of drug-likeness (QED) is 0.382. The van der Waals surface area contributed by atoms with Gasteiger partial charge in [-0.25, -0.2) is 0 Å². The van der Waals surface area contributed by atoms with Gasteiger partial charge >= 0.3 is 0 Å². The van der Waals surface area contributed by atoms with Crippen molar-refractivity contribution in [1.29, 1.82) is 0 Å². The van der Waals surface area contributed by atoms with Crippen LogP contribution in [0.5, 0.6) is 0 Å². The number of nitrogens with one attached hydrogen (secondary N) is 2. The lowest BCUT2D eigenvalue weighted by Crippen LogP contribution is -2.38. The number of nitro groups is 1. The van der Waals surface area contributed by atoms with Crippen LogP contribution in [0.4, 0.5) is 5.69 Å². The highest BCUT2D eigenvalue weighted by Gasteiger charge is 2.10. The summed E-state index contributed by atoms with van der Waals surface area (Å²) in [6.07, 6.45) is 0. The summed E-state index contributed by atoms with van der Waals surface area (Å²) in [4.78, 5) is 14.7. The van der Waals surface area contributed by atoms with E-state index < -0.39 is 4.92 Å². The maximum Gasteiger partial charge on any atom is 0.269 e. The molecule has 0 aliphatic heterocycles. The van der Waals surface area contributed by atoms with Gasteiger partial charge in [-0.05, 0) is 30.5 Å². The molecule has 6 heteroatoms. The molecule has 0 spiro atoms. The van der Waals surface area contributed by atoms with Gasteiger partial charge in [-0.1, -0.05) is 36.4 Å². The van der Waals surface area contributed by atoms with E-state index in [1.807, 2.05) is 18.2 Å². The molecule has 0 heterocycles. The van der Waals surface area contributed by atoms with Crippen LogP contribution in [0, 0.1) is 17.0 Å². The summed E-state index contributed by atoms with van der Waals surface area (Å²) in [6.45, 7) is 4.61. The number of rotatable bonds is 5. The minimum Gasteiger partial charge on any atom is -0.352 e. The van der Waals surface area contributed by atoms with Crippen LogP contribution in [0.15, 0.2) is 53.5 Å². The molecule has 2 rings (SSSR count). The SMILES string of the molecule is CN=C(NCc1cccc([N+](=O)[O-])c1)NC(C)c1ccccc1C. The summed E-state index contributed by atoms with van der Waals surface area (Å²) in [6, 6.07) is 14.9. The van der Waals surface area contributed by atoms with Crippen molar-refractivity contribution in [2.75, 3.05) is 7.05 Å². The predicted octanol–water partition coefficient (Wildman–Crippen LogP) is 3.33. The number of aryl methyl sites for hydroxylation is 1. The van der Waals surface area contributed by atoms with Crippen LogP contribution < -0.4 is 10.6 Å². The van der Waals surface area contributed by atoms with Crippen molar-refractivity contribution in [2.24, 2.45) is 4.99 Å². The van der Waals surface area contributed by atoms with E-state index in [0.717, 1.165) is 5.56 Å². The van der Waals surface area contributed by atoms with E-state index in [4.69, 9.17) is 0 Å². The van der Waals surface area contributed by atoms with Gasteiger partial charge in [-0.15, -0.1) is 0 Å². The maximum absolute atomic E-state index is 10.8. The summed E-state index contributed by atoms with van der Waals surface area (Å²) in [7, 11) is 1.70. The molecule has 0 amide bonds. The Kier molecular flexibility index (Phi) is 5.89. The normalized spacial score (nSPS) is 12.5. The summed E-state index contributed by atoms with van der Waals surface area (Å²) < 4.78 is 0. The second-order valence-electron chi connectivity index (χ2n) is 5.58. The summed E-state index contributed by atoms with van der Waals surface area (Å²) in [5.41, 5.74) is 3.34. The molecule has 24 heavy (non-hydrogen) atoms. The van der Waals surface area contributed by atoms with Crippen LogP contribution in [0.25, 0.3) is 0 Å². The summed E-state index contributed by atoms with van der Waals surface area (Å²) in [5, 5.41) is 17.4. The van der Waals surface area contributed by atoms with E-state index in [-0.39, 0.29) is 11.7 Å². The van der Waals surface area contributed by atoms with Crippen LogP contribution >= 0.6 is 0 Å². The summed E-state index contributed by atoms with van der Waals surface area (Å²) in [5.74, 6) is 0.650. The van der Waals surface area contributed by atoms with Gasteiger partial charge in [0.05, 0.1) is 11.0 Å². The van der Waals surface area contributed by atoms with Crippen molar-refractivity contribution < 1.29 is 4.92 Å². The Morgan fingerprint density at radius 3 is 2.67 bits per heavy atom. The molecule has 2 aromatic carbocycles. The molecule has 0 saturated carbocycles. The number of benzene rings is 2. The van der Waals surface area contributed by atoms with Crippen molar-refractivity contribution in [1.82, 2.24) is 10.6 Å². The fourth-order valence-corrected chi connectivity index (χ4v) is 2.52. The largest absolute Gasteiger partial charge is 0.352 e. The van der Waals surface area contributed by atoms with Gasteiger partial charge in [0.25, 0.3) is 5.69 Å². The lowest BCUT2D eigenvalue weighted by atomic mass is 10.0. The van der Waals surface area contributed by atoms with Gasteiger partial charge in [0, 0.05) is 25.7 Å². The Morgan fingerprint density at radius 2 is 2.00 bits per heavy atom. The molecule has 0 aliphatic carbocycles. The fourth-order valence-electron chi connectivity index (χ4n) is 2.52. The van der Waals surface area contributed by atoms with Gasteiger partial charge < -0.3 is 10.6 Å². The Morgan fingerprint density at radius 1 is 1.25 bits per heavy atom. The van der Waals surface area contributed by atoms with E-state index >= 15 is 0 Å². The Labute approximate surface area is 141 Å². The molecule has 0 aromatic heterocycles. The second-order valence-corrected chi connectivity index (χ2v) is 5.58. The second kappa shape index (κ2) is 8.10. The number of aliphatic imine (C=N–C) groups is 1. The topological polar surface area (TPSA) is 79.6 Å². The first-order valence-electron chi connectivity index (χ1n) is 7.77. The van der Waals surface area contributed by atoms with Crippen LogP contribution in [0.2, 0.25) is 0 Å². The van der Waals surface area contributed by atoms with Gasteiger partial charge in [0.1, 0.15) is 0 Å². The molecule has 0 saturated heterocycles. The lowest BCUT2D eigenvalue weighted by molar-refractivity contribution is -0.384. The molecule has 0 bridgehead atoms. The van der Waals surface area contributed by atoms with E-state index in [1.54, 1.807) is 19.2 Å². The molecule has 1 unspecified atom stereocenters. The monoisotopic (exact) mass is 326 g/mol. The van der Waals surface area contributed by atoms with Crippen molar-refractivity contribution in [3.8, 4) is 0 Å². The Bertz CT molecular complexity index is 743. The molecule has 2 aromatic rings. The van der Waals surface area contributed by atoms with Gasteiger partial charge in [0.15, 0.2) is 5.96 Å². The minimum absolute atomic E-state index is 0.0884. The van der Waals surface area contributed by atoms with Crippen molar-refractivity contribution in [3.05, 3.63) is 75.3 Å². The van der Waals surface area contributed by atoms with Crippen molar-refractivity contribution in [2.45, 2.75) is 26.4 Å². The van der Waals surface area contributed by atoms with Gasteiger partial charge in [0.2, 0.25) is 0 Å². The fraction of sp³-hybridized carbons (Fsp3) is 0.278. The van der Waals surface area contributed by atoms with E-state index in [2.05, 4.69) is 41.6 Å². The third kappa shape index (κ3) is 4.55. The van der Waals surface area contributed by atoms with Crippen molar-refractivity contribution in [3.63, 3.8) is 0 Å². The summed E-state index contributed by atoms with van der Waals surface area (Å²) >= 11 is 0. The smallest absolute Gasteiger partial charge is 0.269 e. The standard InChI is InChI=1S/C18H22N4O2/c1-13-7-4-5-10-17(13)14(2)21-18(19-3)20-12-15-8-6-9-16(11-15)22(23)24/h4-11,14H,12H2,1-3H3,(H2,19,20,21). The molecule has 0 radical (unpaired) electrons. The van der Waals surface area contributed by atoms with Crippen molar-refractivity contribution >= 4 is 11.6 Å². The third-order valence-corrected chi connectivity index (χ3v) is 3.81. The molecule has 1 atom stereocenters. The van der Waals surface area contributed by atoms with E-state index in [0.29, 0.717) is 12.5 Å². The lowest BCUT2D eigenvalue weighted by Gasteiger charge is -2.19. The van der Waals surface area contributed by atoms with E-state index in [9.17, 15) is 10.1 Å². The van der Waals surface area contributed by atoms with Crippen LogP contribution in [-0.4, -0.2) is 17.9 Å². The Balaban J connectivity index is 1.99. The first-order chi connectivity index (χ1) is 11.5. The highest BCUT2D eigenvalue weighted by atomic mass is 16.6. The number of non-ortho nitro benzene ring substituents is 1. The zero-order valence-corrected chi connectivity index (χ0v) is 14.1. The average Bonchev–Trinajstić information content (AvgIpc) is 2.59. The molecule has 2 N–H and O–H groups in total. The molecule has 0 aliphatic rings. The van der Waals surface area contributed by atoms with Crippen LogP contribution in [-0.2, 0) is 6.54 Å². The number of guanidine groups is 1. The van der Waals surface area contributed by atoms with Gasteiger partial charge in [-0.2, -0.15) is 0 Å². The molecule has 0 fully saturated rings. The van der Waals surface area contributed by atoms with Crippen LogP contribution in [0.3, 0.4) is 0 Å². The minimum atomic E-state index is -0.392. The molecule has 6 nitrogen and oxygen atoms in total. The molecule has 126 valence electrons. The number of nitrogens with zero attached hydrogens (tertiary/aromatic N) is 2. The highest BCUT2D eigenvalue weighted by molar-refractivity contribution is 5.80. The maximum atomic E-state index is 10.8. The first kappa shape index (κ1) is 17.5. The average molecular weight is 326 g/mol. The number of hydrogen-bond acceptors (Lipinski definition) is 3. The first-order valence-corrected chi connectivity index (χ1v) is 7.77. The number of hydrogen-bond donors (Lipinski definition) is 2. The molecular formula is C18H22N4O2. The Hall–Kier alpha value is -2.89.